The molecule has 57 valence electrons. The number of carbonyl (C=O) groups is 1. The van der Waals surface area contributed by atoms with Crippen LogP contribution < -0.4 is 5.48 Å². The van der Waals surface area contributed by atoms with Gasteiger partial charge in [0.2, 0.25) is 0 Å². The minimum atomic E-state index is -0.249. The van der Waals surface area contributed by atoms with Gasteiger partial charge >= 0.3 is 0 Å². The van der Waals surface area contributed by atoms with Crippen molar-refractivity contribution in [1.82, 2.24) is 5.48 Å². The van der Waals surface area contributed by atoms with E-state index in [9.17, 15) is 4.79 Å². The van der Waals surface area contributed by atoms with Crippen LogP contribution in [-0.2, 0) is 4.84 Å². The summed E-state index contributed by atoms with van der Waals surface area (Å²) < 4.78 is 0. The van der Waals surface area contributed by atoms with E-state index in [1.54, 1.807) is 24.3 Å². The molecule has 0 spiro atoms. The van der Waals surface area contributed by atoms with Gasteiger partial charge in [0.1, 0.15) is 0 Å². The Morgan fingerprint density at radius 3 is 2.73 bits per heavy atom. The molecule has 1 amide bonds. The Kier molecular flexibility index (Phi) is 2.63. The second-order valence-electron chi connectivity index (χ2n) is 1.92. The summed E-state index contributed by atoms with van der Waals surface area (Å²) in [6.07, 6.45) is 0. The summed E-state index contributed by atoms with van der Waals surface area (Å²) in [5.74, 6) is -0.249. The molecule has 1 radical (unpaired) electrons. The highest BCUT2D eigenvalue weighted by atomic mass is 16.6. The van der Waals surface area contributed by atoms with Gasteiger partial charge in [0.05, 0.1) is 7.11 Å². The van der Waals surface area contributed by atoms with E-state index in [1.165, 1.54) is 7.11 Å². The van der Waals surface area contributed by atoms with Crippen molar-refractivity contribution in [3.63, 3.8) is 0 Å². The zero-order valence-electron chi connectivity index (χ0n) is 6.13. The molecule has 1 aromatic carbocycles. The molecule has 0 aliphatic heterocycles. The number of carbonyl (C=O) groups excluding carboxylic acids is 1. The highest BCUT2D eigenvalue weighted by Crippen LogP contribution is 1.96. The Hall–Kier alpha value is -1.35. The van der Waals surface area contributed by atoms with Crippen molar-refractivity contribution in [3.8, 4) is 0 Å². The number of hydrogen-bond donors (Lipinski definition) is 1. The van der Waals surface area contributed by atoms with E-state index in [0.717, 1.165) is 0 Å². The van der Waals surface area contributed by atoms with Crippen LogP contribution in [-0.4, -0.2) is 13.0 Å². The first-order valence-corrected chi connectivity index (χ1v) is 3.14. The molecule has 3 heteroatoms. The second kappa shape index (κ2) is 3.73. The maximum atomic E-state index is 11.0. The fourth-order valence-corrected chi connectivity index (χ4v) is 0.690. The van der Waals surface area contributed by atoms with Crippen LogP contribution >= 0.6 is 0 Å². The summed E-state index contributed by atoms with van der Waals surface area (Å²) in [4.78, 5) is 15.4. The van der Waals surface area contributed by atoms with Gasteiger partial charge in [0.15, 0.2) is 0 Å². The van der Waals surface area contributed by atoms with E-state index in [-0.39, 0.29) is 5.91 Å². The molecule has 0 fully saturated rings. The van der Waals surface area contributed by atoms with E-state index in [4.69, 9.17) is 0 Å². The van der Waals surface area contributed by atoms with Crippen LogP contribution in [0.3, 0.4) is 0 Å². The molecule has 0 saturated heterocycles. The quantitative estimate of drug-likeness (QED) is 0.632. The average molecular weight is 150 g/mol. The van der Waals surface area contributed by atoms with Gasteiger partial charge in [0.25, 0.3) is 5.91 Å². The lowest BCUT2D eigenvalue weighted by molar-refractivity contribution is 0.0537. The van der Waals surface area contributed by atoms with Crippen molar-refractivity contribution < 1.29 is 9.63 Å². The lowest BCUT2D eigenvalue weighted by atomic mass is 10.2. The summed E-state index contributed by atoms with van der Waals surface area (Å²) in [5, 5.41) is 0. The molecule has 0 aliphatic rings. The Labute approximate surface area is 64.9 Å². The molecule has 1 aromatic rings. The van der Waals surface area contributed by atoms with Crippen LogP contribution in [0.25, 0.3) is 0 Å². The zero-order valence-corrected chi connectivity index (χ0v) is 6.13. The molecule has 0 unspecified atom stereocenters. The predicted molar refractivity (Wildman–Crippen MR) is 39.8 cm³/mol. The maximum absolute atomic E-state index is 11.0. The highest BCUT2D eigenvalue weighted by molar-refractivity contribution is 5.93. The van der Waals surface area contributed by atoms with Gasteiger partial charge < -0.3 is 0 Å². The van der Waals surface area contributed by atoms with Gasteiger partial charge in [-0.25, -0.2) is 5.48 Å². The first kappa shape index (κ1) is 7.75. The minimum Gasteiger partial charge on any atom is -0.277 e. The van der Waals surface area contributed by atoms with Gasteiger partial charge in [-0.15, -0.1) is 0 Å². The molecule has 1 N–H and O–H groups in total. The van der Waals surface area contributed by atoms with E-state index in [0.29, 0.717) is 5.56 Å². The van der Waals surface area contributed by atoms with E-state index >= 15 is 0 Å². The third-order valence-electron chi connectivity index (χ3n) is 1.18. The van der Waals surface area contributed by atoms with Crippen molar-refractivity contribution >= 4 is 5.91 Å². The van der Waals surface area contributed by atoms with E-state index in [2.05, 4.69) is 16.4 Å². The molecule has 1 rings (SSSR count). The topological polar surface area (TPSA) is 38.3 Å². The predicted octanol–water partition coefficient (Wildman–Crippen LogP) is 0.778. The van der Waals surface area contributed by atoms with Crippen molar-refractivity contribution in [2.75, 3.05) is 7.11 Å². The van der Waals surface area contributed by atoms with Crippen molar-refractivity contribution in [2.24, 2.45) is 0 Å². The molecular weight excluding hydrogens is 142 g/mol. The monoisotopic (exact) mass is 150 g/mol. The molecule has 0 aromatic heterocycles. The van der Waals surface area contributed by atoms with Crippen LogP contribution in [0.15, 0.2) is 24.3 Å². The van der Waals surface area contributed by atoms with Gasteiger partial charge in [-0.3, -0.25) is 9.63 Å². The highest BCUT2D eigenvalue weighted by Gasteiger charge is 2.00. The zero-order chi connectivity index (χ0) is 8.10. The third kappa shape index (κ3) is 2.05. The average Bonchev–Trinajstić information content (AvgIpc) is 2.07. The van der Waals surface area contributed by atoms with Crippen LogP contribution in [0.4, 0.5) is 0 Å². The summed E-state index contributed by atoms with van der Waals surface area (Å²) >= 11 is 0. The standard InChI is InChI=1S/C8H8NO2/c1-11-9-8(10)7-5-3-2-4-6-7/h3-6H,1H3,(H,9,10). The van der Waals surface area contributed by atoms with Crippen molar-refractivity contribution in [3.05, 3.63) is 35.9 Å². The second-order valence-corrected chi connectivity index (χ2v) is 1.92. The van der Waals surface area contributed by atoms with Crippen LogP contribution in [0, 0.1) is 6.07 Å². The van der Waals surface area contributed by atoms with Crippen LogP contribution in [0.1, 0.15) is 10.4 Å². The van der Waals surface area contributed by atoms with Crippen LogP contribution in [0.5, 0.6) is 0 Å². The molecule has 3 nitrogen and oxygen atoms in total. The molecule has 0 bridgehead atoms. The third-order valence-corrected chi connectivity index (χ3v) is 1.18. The van der Waals surface area contributed by atoms with Gasteiger partial charge in [-0.1, -0.05) is 12.1 Å². The fourth-order valence-electron chi connectivity index (χ4n) is 0.690. The Morgan fingerprint density at radius 1 is 1.55 bits per heavy atom. The number of benzene rings is 1. The molecule has 0 aliphatic carbocycles. The van der Waals surface area contributed by atoms with E-state index < -0.39 is 0 Å². The number of nitrogens with one attached hydrogen (secondary N) is 1. The lowest BCUT2D eigenvalue weighted by Crippen LogP contribution is -2.21. The molecular formula is C8H8NO2. The molecule has 11 heavy (non-hydrogen) atoms. The molecule has 0 atom stereocenters. The van der Waals surface area contributed by atoms with Crippen LogP contribution in [0.2, 0.25) is 0 Å². The Balaban J connectivity index is 2.69. The van der Waals surface area contributed by atoms with Gasteiger partial charge in [-0.2, -0.15) is 0 Å². The van der Waals surface area contributed by atoms with Gasteiger partial charge in [-0.05, 0) is 18.2 Å². The first-order chi connectivity index (χ1) is 5.34. The fraction of sp³-hybridized carbons (Fsp3) is 0.125. The molecule has 0 heterocycles. The van der Waals surface area contributed by atoms with E-state index in [1.807, 2.05) is 0 Å². The minimum absolute atomic E-state index is 0.249. The molecule has 0 saturated carbocycles. The van der Waals surface area contributed by atoms with Crippen molar-refractivity contribution in [2.45, 2.75) is 0 Å². The first-order valence-electron chi connectivity index (χ1n) is 3.14. The number of rotatable bonds is 2. The Bertz CT molecular complexity index is 233. The summed E-state index contributed by atoms with van der Waals surface area (Å²) in [7, 11) is 1.40. The SMILES string of the molecule is CONC(=O)c1cc[c]cc1. The largest absolute Gasteiger partial charge is 0.277 e. The number of hydrogen-bond acceptors (Lipinski definition) is 2. The van der Waals surface area contributed by atoms with Crippen molar-refractivity contribution in [1.29, 1.82) is 0 Å². The summed E-state index contributed by atoms with van der Waals surface area (Å²) in [5.41, 5.74) is 2.77. The Morgan fingerprint density at radius 2 is 2.18 bits per heavy atom. The summed E-state index contributed by atoms with van der Waals surface area (Å²) in [6.45, 7) is 0. The smallest absolute Gasteiger partial charge is 0.274 e. The maximum Gasteiger partial charge on any atom is 0.274 e. The van der Waals surface area contributed by atoms with Gasteiger partial charge in [0, 0.05) is 5.56 Å². The number of hydroxylamine groups is 1. The normalized spacial score (nSPS) is 9.18. The number of amides is 1. The summed E-state index contributed by atoms with van der Waals surface area (Å²) in [6, 6.07) is 9.47. The lowest BCUT2D eigenvalue weighted by Gasteiger charge is -1.99.